The van der Waals surface area contributed by atoms with E-state index in [4.69, 9.17) is 23.1 Å². The smallest absolute Gasteiger partial charge is 0 e. The fourth-order valence-corrected chi connectivity index (χ4v) is 2.42. The number of hydrogen-bond acceptors (Lipinski definition) is 3. The van der Waals surface area contributed by atoms with Gasteiger partial charge in [-0.3, -0.25) is 0 Å². The van der Waals surface area contributed by atoms with E-state index in [9.17, 15) is 4.79 Å². The van der Waals surface area contributed by atoms with E-state index in [0.717, 1.165) is 25.7 Å². The molecular formula is C18H26FeO6Si-. The van der Waals surface area contributed by atoms with Crippen molar-refractivity contribution < 1.29 is 45.0 Å². The van der Waals surface area contributed by atoms with Gasteiger partial charge in [-0.05, 0) is 38.9 Å². The van der Waals surface area contributed by atoms with E-state index in [1.54, 1.807) is 6.42 Å². The standard InChI is InChI=1S/C15H26O3Si.3CO.Fe/c1-6-7-8-11-15(17-13-16)12-9-10-14(2)18-19(3,4)5;3*1-2;/h9-10,12,15H,2,6-8,11H2,1,3-5H3;;;;/q-1;;;;/t15-;;;;/m1..../s1. The number of rotatable bonds is 12. The van der Waals surface area contributed by atoms with Crippen LogP contribution in [0.4, 0.5) is 0 Å². The molecule has 0 spiro atoms. The summed E-state index contributed by atoms with van der Waals surface area (Å²) in [6.45, 7) is 27.3. The van der Waals surface area contributed by atoms with Crippen molar-refractivity contribution in [3.8, 4) is 0 Å². The Labute approximate surface area is 169 Å². The molecule has 0 heterocycles. The van der Waals surface area contributed by atoms with Crippen LogP contribution < -0.4 is 0 Å². The molecule has 0 N–H and O–H groups in total. The fourth-order valence-electron chi connectivity index (χ4n) is 1.57. The molecule has 0 amide bonds. The van der Waals surface area contributed by atoms with Crippen LogP contribution in [-0.4, -0.2) is 20.9 Å². The summed E-state index contributed by atoms with van der Waals surface area (Å²) in [5, 5.41) is 0. The minimum Gasteiger partial charge on any atom is 0 e. The quantitative estimate of drug-likeness (QED) is 0.157. The van der Waals surface area contributed by atoms with Gasteiger partial charge in [0.25, 0.3) is 0 Å². The summed E-state index contributed by atoms with van der Waals surface area (Å²) in [5.41, 5.74) is 0. The first-order chi connectivity index (χ1) is 11.9. The second-order valence-corrected chi connectivity index (χ2v) is 9.90. The fraction of sp³-hybridized carbons (Fsp3) is 0.500. The molecule has 0 aromatic carbocycles. The third-order valence-corrected chi connectivity index (χ3v) is 3.21. The molecule has 0 aliphatic heterocycles. The number of carbonyl (C=O) groups excluding carboxylic acids is 1. The van der Waals surface area contributed by atoms with E-state index in [1.165, 1.54) is 6.47 Å². The van der Waals surface area contributed by atoms with Crippen LogP contribution in [0.15, 0.2) is 12.3 Å². The first-order valence-corrected chi connectivity index (χ1v) is 10.8. The van der Waals surface area contributed by atoms with Crippen molar-refractivity contribution in [2.24, 2.45) is 0 Å². The van der Waals surface area contributed by atoms with Crippen molar-refractivity contribution in [2.45, 2.75) is 58.4 Å². The number of unbranched alkanes of at least 4 members (excludes halogenated alkanes) is 2. The maximum Gasteiger partial charge on any atom is 0 e. The topological polar surface area (TPSA) is 95.2 Å². The number of ether oxygens (including phenoxy) is 1. The molecule has 8 heteroatoms. The molecule has 0 fully saturated rings. The van der Waals surface area contributed by atoms with Gasteiger partial charge >= 0.3 is 33.9 Å². The van der Waals surface area contributed by atoms with Crippen molar-refractivity contribution in [1.29, 1.82) is 0 Å². The molecule has 0 bridgehead atoms. The van der Waals surface area contributed by atoms with Crippen molar-refractivity contribution >= 4 is 14.8 Å². The molecule has 0 saturated heterocycles. The van der Waals surface area contributed by atoms with Crippen LogP contribution in [0.2, 0.25) is 19.6 Å². The second-order valence-electron chi connectivity index (χ2n) is 5.47. The molecule has 0 aromatic heterocycles. The summed E-state index contributed by atoms with van der Waals surface area (Å²) < 4.78 is 33.1. The van der Waals surface area contributed by atoms with Crippen molar-refractivity contribution in [1.82, 2.24) is 0 Å². The zero-order valence-corrected chi connectivity index (χ0v) is 17.8. The number of hydrogen-bond donors (Lipinski definition) is 0. The van der Waals surface area contributed by atoms with E-state index in [-0.39, 0.29) is 23.2 Å². The van der Waals surface area contributed by atoms with Gasteiger partial charge in [0.05, 0.1) is 11.9 Å². The second kappa shape index (κ2) is 28.8. The Morgan fingerprint density at radius 1 is 1.15 bits per heavy atom. The van der Waals surface area contributed by atoms with Gasteiger partial charge in [0, 0.05) is 29.9 Å². The van der Waals surface area contributed by atoms with E-state index < -0.39 is 8.32 Å². The van der Waals surface area contributed by atoms with Crippen molar-refractivity contribution in [3.05, 3.63) is 51.6 Å². The Balaban J connectivity index is -0.000000189. The van der Waals surface area contributed by atoms with Crippen LogP contribution in [0, 0.1) is 39.2 Å². The molecule has 0 rings (SSSR count). The van der Waals surface area contributed by atoms with Crippen LogP contribution in [0.3, 0.4) is 0 Å². The van der Waals surface area contributed by atoms with Crippen molar-refractivity contribution in [2.75, 3.05) is 0 Å². The first-order valence-electron chi connectivity index (χ1n) is 7.42. The van der Waals surface area contributed by atoms with Gasteiger partial charge in [-0.1, -0.05) is 32.8 Å². The molecule has 1 atom stereocenters. The zero-order valence-electron chi connectivity index (χ0n) is 15.6. The summed E-state index contributed by atoms with van der Waals surface area (Å²) >= 11 is 0. The summed E-state index contributed by atoms with van der Waals surface area (Å²) in [7, 11) is -1.60. The SMILES string of the molecule is C=C([CH][CH][CH][C@@H](CCCCC)O[C-]=O)O[Si](C)(C)C.[C-]#[O+].[C-]#[O+].[C-]#[O+].[Fe]. The Bertz CT molecular complexity index is 360. The van der Waals surface area contributed by atoms with Crippen LogP contribution in [0.25, 0.3) is 0 Å². The van der Waals surface area contributed by atoms with Crippen molar-refractivity contribution in [3.63, 3.8) is 0 Å². The normalized spacial score (nSPS) is 9.62. The largest absolute Gasteiger partial charge is 0 e. The molecule has 0 saturated carbocycles. The number of allylic oxidation sites excluding steroid dienone is 1. The predicted octanol–water partition coefficient (Wildman–Crippen LogP) is 3.88. The molecule has 147 valence electrons. The monoisotopic (exact) mass is 422 g/mol. The van der Waals surface area contributed by atoms with E-state index in [2.05, 4.69) is 53.1 Å². The molecule has 0 aliphatic carbocycles. The molecule has 6 nitrogen and oxygen atoms in total. The van der Waals surface area contributed by atoms with Gasteiger partial charge in [-0.2, -0.15) is 0 Å². The Morgan fingerprint density at radius 2 is 1.65 bits per heavy atom. The first kappa shape index (κ1) is 36.0. The Hall–Kier alpha value is -1.03. The minimum absolute atomic E-state index is 0. The third kappa shape index (κ3) is 34.3. The Morgan fingerprint density at radius 3 is 2.04 bits per heavy atom. The summed E-state index contributed by atoms with van der Waals surface area (Å²) in [6, 6.07) is 0. The average Bonchev–Trinajstić information content (AvgIpc) is 2.59. The van der Waals surface area contributed by atoms with Crippen LogP contribution in [-0.2, 0) is 45.0 Å². The summed E-state index contributed by atoms with van der Waals surface area (Å²) in [4.78, 5) is 10.3. The molecular weight excluding hydrogens is 396 g/mol. The minimum atomic E-state index is -1.60. The van der Waals surface area contributed by atoms with Crippen LogP contribution in [0.1, 0.15) is 32.6 Å². The van der Waals surface area contributed by atoms with Gasteiger partial charge in [0.15, 0.2) is 0 Å². The average molecular weight is 422 g/mol. The maximum absolute atomic E-state index is 10.3. The Kier molecular flexibility index (Phi) is 39.8. The molecule has 26 heavy (non-hydrogen) atoms. The molecule has 3 radical (unpaired) electrons. The van der Waals surface area contributed by atoms with Gasteiger partial charge < -0.3 is 14.0 Å². The van der Waals surface area contributed by atoms with E-state index >= 15 is 0 Å². The summed E-state index contributed by atoms with van der Waals surface area (Å²) in [5.74, 6) is 0.651. The van der Waals surface area contributed by atoms with Gasteiger partial charge in [0.2, 0.25) is 8.32 Å². The predicted molar refractivity (Wildman–Crippen MR) is 93.0 cm³/mol. The van der Waals surface area contributed by atoms with Gasteiger partial charge in [-0.25, -0.2) is 0 Å². The van der Waals surface area contributed by atoms with E-state index in [0.29, 0.717) is 5.76 Å². The summed E-state index contributed by atoms with van der Waals surface area (Å²) in [6.07, 6.45) is 9.43. The third-order valence-electron chi connectivity index (χ3n) is 2.34. The molecule has 0 aliphatic rings. The van der Waals surface area contributed by atoms with Crippen LogP contribution in [0.5, 0.6) is 0 Å². The molecule has 0 aromatic rings. The van der Waals surface area contributed by atoms with Gasteiger partial charge in [-0.15, -0.1) is 0 Å². The van der Waals surface area contributed by atoms with Gasteiger partial charge in [0.1, 0.15) is 0 Å². The van der Waals surface area contributed by atoms with Crippen LogP contribution >= 0.6 is 0 Å². The molecule has 0 unspecified atom stereocenters. The zero-order chi connectivity index (χ0) is 20.7. The maximum atomic E-state index is 10.3. The van der Waals surface area contributed by atoms with E-state index in [1.807, 2.05) is 12.8 Å².